The summed E-state index contributed by atoms with van der Waals surface area (Å²) in [4.78, 5) is 2.53. The highest BCUT2D eigenvalue weighted by atomic mass is 15.5. The van der Waals surface area contributed by atoms with Crippen LogP contribution in [0.1, 0.15) is 12.8 Å². The van der Waals surface area contributed by atoms with E-state index in [-0.39, 0.29) is 0 Å². The first-order valence-corrected chi connectivity index (χ1v) is 8.07. The third-order valence-electron chi connectivity index (χ3n) is 4.54. The van der Waals surface area contributed by atoms with Crippen molar-refractivity contribution in [1.29, 1.82) is 0 Å². The molecule has 2 unspecified atom stereocenters. The Morgan fingerprint density at radius 3 is 2.14 bits per heavy atom. The molecule has 2 saturated heterocycles. The van der Waals surface area contributed by atoms with Crippen molar-refractivity contribution in [2.75, 3.05) is 24.6 Å². The number of anilines is 2. The Labute approximate surface area is 131 Å². The van der Waals surface area contributed by atoms with Crippen LogP contribution in [0.3, 0.4) is 0 Å². The van der Waals surface area contributed by atoms with Gasteiger partial charge in [-0.05, 0) is 49.6 Å². The Kier molecular flexibility index (Phi) is 3.65. The number of piperidine rings is 1. The lowest BCUT2D eigenvalue weighted by molar-refractivity contribution is 0.348. The molecule has 0 aliphatic carbocycles. The highest BCUT2D eigenvalue weighted by molar-refractivity contribution is 5.89. The lowest BCUT2D eigenvalue weighted by atomic mass is 9.99. The van der Waals surface area contributed by atoms with Gasteiger partial charge in [-0.1, -0.05) is 36.4 Å². The fraction of sp³-hybridized carbons (Fsp3) is 0.316. The number of nitrogens with zero attached hydrogens (tertiary/aromatic N) is 3. The molecule has 4 rings (SSSR count). The van der Waals surface area contributed by atoms with Gasteiger partial charge in [-0.25, -0.2) is 5.01 Å². The number of hydrogen-bond acceptors (Lipinski definition) is 3. The van der Waals surface area contributed by atoms with Gasteiger partial charge in [-0.2, -0.15) is 5.10 Å². The molecule has 0 N–H and O–H groups in total. The second-order valence-corrected chi connectivity index (χ2v) is 6.24. The minimum Gasteiger partial charge on any atom is -0.297 e. The van der Waals surface area contributed by atoms with Crippen molar-refractivity contribution in [3.63, 3.8) is 0 Å². The normalized spacial score (nSPS) is 25.4. The molecular weight excluding hydrogens is 270 g/mol. The van der Waals surface area contributed by atoms with Gasteiger partial charge in [0.25, 0.3) is 0 Å². The lowest BCUT2D eigenvalue weighted by Gasteiger charge is -2.27. The molecule has 112 valence electrons. The molecule has 3 heteroatoms. The van der Waals surface area contributed by atoms with Gasteiger partial charge in [-0.3, -0.25) is 4.90 Å². The van der Waals surface area contributed by atoms with E-state index in [9.17, 15) is 0 Å². The van der Waals surface area contributed by atoms with Crippen LogP contribution in [0.2, 0.25) is 0 Å². The molecule has 2 bridgehead atoms. The Morgan fingerprint density at radius 1 is 0.909 bits per heavy atom. The zero-order valence-corrected chi connectivity index (χ0v) is 12.7. The van der Waals surface area contributed by atoms with Crippen molar-refractivity contribution < 1.29 is 0 Å². The first kappa shape index (κ1) is 13.5. The number of hydrazone groups is 1. The van der Waals surface area contributed by atoms with Crippen molar-refractivity contribution in [1.82, 2.24) is 4.90 Å². The lowest BCUT2D eigenvalue weighted by Crippen LogP contribution is -2.34. The molecule has 2 heterocycles. The third-order valence-corrected chi connectivity index (χ3v) is 4.54. The number of para-hydroxylation sites is 2. The van der Waals surface area contributed by atoms with Gasteiger partial charge in [-0.15, -0.1) is 0 Å². The molecule has 2 aliphatic heterocycles. The molecule has 2 aliphatic rings. The zero-order valence-electron chi connectivity index (χ0n) is 12.7. The maximum Gasteiger partial charge on any atom is 0.0652 e. The second-order valence-electron chi connectivity index (χ2n) is 6.24. The Morgan fingerprint density at radius 2 is 1.55 bits per heavy atom. The average Bonchev–Trinajstić information content (AvgIpc) is 2.93. The van der Waals surface area contributed by atoms with E-state index >= 15 is 0 Å². The van der Waals surface area contributed by atoms with E-state index in [0.717, 1.165) is 30.3 Å². The average molecular weight is 291 g/mol. The molecule has 0 spiro atoms. The Bertz CT molecular complexity index is 597. The molecule has 3 nitrogen and oxygen atoms in total. The van der Waals surface area contributed by atoms with E-state index < -0.39 is 0 Å². The van der Waals surface area contributed by atoms with Crippen LogP contribution in [0.15, 0.2) is 65.8 Å². The predicted octanol–water partition coefficient (Wildman–Crippen LogP) is 3.91. The smallest absolute Gasteiger partial charge is 0.0652 e. The largest absolute Gasteiger partial charge is 0.297 e. The van der Waals surface area contributed by atoms with E-state index in [0.29, 0.717) is 0 Å². The number of benzene rings is 2. The summed E-state index contributed by atoms with van der Waals surface area (Å²) in [7, 11) is 0. The van der Waals surface area contributed by atoms with Gasteiger partial charge in [0.2, 0.25) is 0 Å². The summed E-state index contributed by atoms with van der Waals surface area (Å²) < 4.78 is 0. The second kappa shape index (κ2) is 5.93. The van der Waals surface area contributed by atoms with Crippen LogP contribution >= 0.6 is 0 Å². The van der Waals surface area contributed by atoms with Crippen LogP contribution < -0.4 is 5.01 Å². The molecule has 2 fully saturated rings. The van der Waals surface area contributed by atoms with E-state index in [1.807, 2.05) is 12.1 Å². The van der Waals surface area contributed by atoms with E-state index in [1.165, 1.54) is 25.2 Å². The molecule has 0 aromatic heterocycles. The predicted molar refractivity (Wildman–Crippen MR) is 91.6 cm³/mol. The van der Waals surface area contributed by atoms with E-state index in [2.05, 4.69) is 58.4 Å². The minimum absolute atomic E-state index is 0.806. The summed E-state index contributed by atoms with van der Waals surface area (Å²) in [6, 6.07) is 20.9. The topological polar surface area (TPSA) is 18.8 Å². The fourth-order valence-electron chi connectivity index (χ4n) is 3.50. The van der Waals surface area contributed by atoms with Crippen molar-refractivity contribution >= 4 is 17.1 Å². The van der Waals surface area contributed by atoms with Gasteiger partial charge in [0, 0.05) is 13.1 Å². The van der Waals surface area contributed by atoms with E-state index in [4.69, 9.17) is 5.10 Å². The summed E-state index contributed by atoms with van der Waals surface area (Å²) in [5.74, 6) is 0.806. The van der Waals surface area contributed by atoms with Gasteiger partial charge in [0.05, 0.1) is 17.1 Å². The Hall–Kier alpha value is -2.13. The molecule has 0 radical (unpaired) electrons. The number of rotatable bonds is 3. The van der Waals surface area contributed by atoms with Crippen LogP contribution in [0.4, 0.5) is 11.4 Å². The van der Waals surface area contributed by atoms with Crippen molar-refractivity contribution in [2.45, 2.75) is 12.8 Å². The minimum atomic E-state index is 0.806. The summed E-state index contributed by atoms with van der Waals surface area (Å²) in [5, 5.41) is 7.11. The molecule has 0 amide bonds. The van der Waals surface area contributed by atoms with E-state index in [1.54, 1.807) is 0 Å². The highest BCUT2D eigenvalue weighted by Gasteiger charge is 2.30. The van der Waals surface area contributed by atoms with Crippen LogP contribution in [0, 0.1) is 5.92 Å². The van der Waals surface area contributed by atoms with Gasteiger partial charge in [0.1, 0.15) is 0 Å². The van der Waals surface area contributed by atoms with Crippen LogP contribution in [0.25, 0.3) is 0 Å². The molecular formula is C19H21N3. The SMILES string of the molecule is c1ccc(N(N=C2CC3CCN(C2)C3)c2ccccc2)cc1. The summed E-state index contributed by atoms with van der Waals surface area (Å²) in [6.07, 6.45) is 2.47. The fourth-order valence-corrected chi connectivity index (χ4v) is 3.50. The maximum atomic E-state index is 5.03. The quantitative estimate of drug-likeness (QED) is 0.799. The van der Waals surface area contributed by atoms with Crippen molar-refractivity contribution in [3.8, 4) is 0 Å². The van der Waals surface area contributed by atoms with Crippen molar-refractivity contribution in [3.05, 3.63) is 60.7 Å². The summed E-state index contributed by atoms with van der Waals surface area (Å²) >= 11 is 0. The molecule has 2 aromatic rings. The monoisotopic (exact) mass is 291 g/mol. The number of fused-ring (bicyclic) bond motifs is 2. The van der Waals surface area contributed by atoms with Crippen LogP contribution in [-0.2, 0) is 0 Å². The molecule has 2 aromatic carbocycles. The number of hydrogen-bond donors (Lipinski definition) is 0. The molecule has 0 saturated carbocycles. The Balaban J connectivity index is 1.69. The van der Waals surface area contributed by atoms with Gasteiger partial charge >= 0.3 is 0 Å². The third kappa shape index (κ3) is 2.77. The summed E-state index contributed by atoms with van der Waals surface area (Å²) in [5.41, 5.74) is 3.55. The molecule has 22 heavy (non-hydrogen) atoms. The summed E-state index contributed by atoms with van der Waals surface area (Å²) in [6.45, 7) is 3.52. The highest BCUT2D eigenvalue weighted by Crippen LogP contribution is 2.29. The first-order valence-electron chi connectivity index (χ1n) is 8.07. The standard InChI is InChI=1S/C19H21N3/c1-3-7-18(8-4-1)22(19-9-5-2-6-10-19)20-17-13-16-11-12-21(14-16)15-17/h1-10,16H,11-15H2. The van der Waals surface area contributed by atoms with Gasteiger partial charge < -0.3 is 0 Å². The van der Waals surface area contributed by atoms with Crippen LogP contribution in [0.5, 0.6) is 0 Å². The van der Waals surface area contributed by atoms with Crippen LogP contribution in [-0.4, -0.2) is 30.2 Å². The first-order chi connectivity index (χ1) is 10.9. The zero-order chi connectivity index (χ0) is 14.8. The van der Waals surface area contributed by atoms with Crippen molar-refractivity contribution in [2.24, 2.45) is 11.0 Å². The maximum absolute atomic E-state index is 5.03. The molecule has 2 atom stereocenters. The van der Waals surface area contributed by atoms with Gasteiger partial charge in [0.15, 0.2) is 0 Å².